The third-order valence-corrected chi connectivity index (χ3v) is 2.77. The van der Waals surface area contributed by atoms with Gasteiger partial charge in [-0.3, -0.25) is 0 Å². The molecule has 4 nitrogen and oxygen atoms in total. The van der Waals surface area contributed by atoms with Gasteiger partial charge in [0.25, 0.3) is 0 Å². The fourth-order valence-electron chi connectivity index (χ4n) is 1.79. The number of ether oxygens (including phenoxy) is 1. The van der Waals surface area contributed by atoms with Crippen LogP contribution < -0.4 is 5.32 Å². The predicted molar refractivity (Wildman–Crippen MR) is 55.3 cm³/mol. The lowest BCUT2D eigenvalue weighted by molar-refractivity contribution is 0.140. The van der Waals surface area contributed by atoms with Crippen molar-refractivity contribution in [3.63, 3.8) is 0 Å². The highest BCUT2D eigenvalue weighted by atomic mass is 16.5. The van der Waals surface area contributed by atoms with Gasteiger partial charge < -0.3 is 15.0 Å². The van der Waals surface area contributed by atoms with Crippen LogP contribution in [0.15, 0.2) is 0 Å². The van der Waals surface area contributed by atoms with Crippen molar-refractivity contribution < 1.29 is 9.53 Å². The third kappa shape index (κ3) is 3.18. The standard InChI is InChI=1S/C10H20N2O2/c1-8(2)12-6-4-9(5-7-12)11-10(13)14-3/h8-9H,4-7H2,1-3H3,(H,11,13). The van der Waals surface area contributed by atoms with Crippen LogP contribution in [0.1, 0.15) is 26.7 Å². The molecule has 0 aromatic carbocycles. The summed E-state index contributed by atoms with van der Waals surface area (Å²) in [4.78, 5) is 13.4. The zero-order valence-electron chi connectivity index (χ0n) is 9.25. The molecule has 4 heteroatoms. The number of likely N-dealkylation sites (tertiary alicyclic amines) is 1. The van der Waals surface area contributed by atoms with Crippen LogP contribution in [0.25, 0.3) is 0 Å². The highest BCUT2D eigenvalue weighted by Gasteiger charge is 2.21. The van der Waals surface area contributed by atoms with Crippen LogP contribution in [0.2, 0.25) is 0 Å². The number of methoxy groups -OCH3 is 1. The van der Waals surface area contributed by atoms with Crippen molar-refractivity contribution in [2.75, 3.05) is 20.2 Å². The van der Waals surface area contributed by atoms with Crippen LogP contribution in [-0.2, 0) is 4.74 Å². The number of carbonyl (C=O) groups is 1. The van der Waals surface area contributed by atoms with Gasteiger partial charge >= 0.3 is 6.09 Å². The molecular formula is C10H20N2O2. The van der Waals surface area contributed by atoms with Crippen LogP contribution in [0.4, 0.5) is 4.79 Å². The summed E-state index contributed by atoms with van der Waals surface area (Å²) in [6.07, 6.45) is 1.73. The molecule has 0 unspecified atom stereocenters. The average molecular weight is 200 g/mol. The van der Waals surface area contributed by atoms with Crippen LogP contribution in [-0.4, -0.2) is 43.3 Å². The first-order valence-electron chi connectivity index (χ1n) is 5.22. The molecule has 0 aromatic heterocycles. The summed E-state index contributed by atoms with van der Waals surface area (Å²) in [5.41, 5.74) is 0. The Morgan fingerprint density at radius 2 is 2.00 bits per heavy atom. The normalized spacial score (nSPS) is 19.7. The Labute approximate surface area is 85.6 Å². The molecule has 0 aliphatic carbocycles. The minimum Gasteiger partial charge on any atom is -0.453 e. The Kier molecular flexibility index (Phi) is 4.20. The van der Waals surface area contributed by atoms with Crippen molar-refractivity contribution in [3.05, 3.63) is 0 Å². The first-order valence-corrected chi connectivity index (χ1v) is 5.22. The lowest BCUT2D eigenvalue weighted by Crippen LogP contribution is -2.46. The molecule has 0 aromatic rings. The zero-order valence-corrected chi connectivity index (χ0v) is 9.25. The van der Waals surface area contributed by atoms with Crippen molar-refractivity contribution >= 4 is 6.09 Å². The second-order valence-corrected chi connectivity index (χ2v) is 4.04. The Bertz CT molecular complexity index is 187. The van der Waals surface area contributed by atoms with E-state index in [2.05, 4.69) is 28.8 Å². The highest BCUT2D eigenvalue weighted by molar-refractivity contribution is 5.67. The molecule has 14 heavy (non-hydrogen) atoms. The van der Waals surface area contributed by atoms with E-state index in [1.807, 2.05) is 0 Å². The smallest absolute Gasteiger partial charge is 0.407 e. The van der Waals surface area contributed by atoms with E-state index in [0.29, 0.717) is 6.04 Å². The number of amides is 1. The molecule has 1 amide bonds. The van der Waals surface area contributed by atoms with Gasteiger partial charge in [-0.15, -0.1) is 0 Å². The summed E-state index contributed by atoms with van der Waals surface area (Å²) in [6.45, 7) is 6.53. The SMILES string of the molecule is COC(=O)NC1CCN(C(C)C)CC1. The molecule has 0 saturated carbocycles. The highest BCUT2D eigenvalue weighted by Crippen LogP contribution is 2.12. The minimum atomic E-state index is -0.312. The van der Waals surface area contributed by atoms with E-state index in [1.54, 1.807) is 0 Å². The number of nitrogens with one attached hydrogen (secondary N) is 1. The topological polar surface area (TPSA) is 41.6 Å². The fourth-order valence-corrected chi connectivity index (χ4v) is 1.79. The van der Waals surface area contributed by atoms with Gasteiger partial charge in [0.05, 0.1) is 7.11 Å². The zero-order chi connectivity index (χ0) is 10.6. The molecule has 1 heterocycles. The number of alkyl carbamates (subject to hydrolysis) is 1. The maximum Gasteiger partial charge on any atom is 0.407 e. The lowest BCUT2D eigenvalue weighted by atomic mass is 10.0. The molecule has 1 rings (SSSR count). The van der Waals surface area contributed by atoms with E-state index < -0.39 is 0 Å². The molecule has 1 fully saturated rings. The van der Waals surface area contributed by atoms with Gasteiger partial charge in [-0.1, -0.05) is 0 Å². The van der Waals surface area contributed by atoms with Gasteiger partial charge in [-0.25, -0.2) is 4.79 Å². The second kappa shape index (κ2) is 5.20. The summed E-state index contributed by atoms with van der Waals surface area (Å²) in [7, 11) is 1.40. The first kappa shape index (κ1) is 11.3. The summed E-state index contributed by atoms with van der Waals surface area (Å²) in [5.74, 6) is 0. The van der Waals surface area contributed by atoms with Crippen molar-refractivity contribution in [1.82, 2.24) is 10.2 Å². The molecule has 1 saturated heterocycles. The molecule has 0 bridgehead atoms. The Balaban J connectivity index is 2.25. The van der Waals surface area contributed by atoms with Gasteiger partial charge in [-0.2, -0.15) is 0 Å². The Hall–Kier alpha value is -0.770. The first-order chi connectivity index (χ1) is 6.63. The number of rotatable bonds is 2. The van der Waals surface area contributed by atoms with E-state index >= 15 is 0 Å². The molecule has 1 N–H and O–H groups in total. The van der Waals surface area contributed by atoms with E-state index in [9.17, 15) is 4.79 Å². The van der Waals surface area contributed by atoms with E-state index in [0.717, 1.165) is 25.9 Å². The van der Waals surface area contributed by atoms with Crippen molar-refractivity contribution in [1.29, 1.82) is 0 Å². The summed E-state index contributed by atoms with van der Waals surface area (Å²) >= 11 is 0. The Morgan fingerprint density at radius 1 is 1.43 bits per heavy atom. The van der Waals surface area contributed by atoms with Gasteiger partial charge in [-0.05, 0) is 26.7 Å². The van der Waals surface area contributed by atoms with Crippen molar-refractivity contribution in [3.8, 4) is 0 Å². The predicted octanol–water partition coefficient (Wildman–Crippen LogP) is 1.22. The largest absolute Gasteiger partial charge is 0.453 e. The van der Waals surface area contributed by atoms with Crippen molar-refractivity contribution in [2.24, 2.45) is 0 Å². The Morgan fingerprint density at radius 3 is 2.43 bits per heavy atom. The van der Waals surface area contributed by atoms with Gasteiger partial charge in [0.2, 0.25) is 0 Å². The van der Waals surface area contributed by atoms with Crippen molar-refractivity contribution in [2.45, 2.75) is 38.8 Å². The minimum absolute atomic E-state index is 0.289. The summed E-state index contributed by atoms with van der Waals surface area (Å²) in [6, 6.07) is 0.895. The number of carbonyl (C=O) groups excluding carboxylic acids is 1. The molecule has 1 aliphatic heterocycles. The number of hydrogen-bond acceptors (Lipinski definition) is 3. The molecular weight excluding hydrogens is 180 g/mol. The second-order valence-electron chi connectivity index (χ2n) is 4.04. The van der Waals surface area contributed by atoms with Gasteiger partial charge in [0, 0.05) is 25.2 Å². The fraction of sp³-hybridized carbons (Fsp3) is 0.900. The third-order valence-electron chi connectivity index (χ3n) is 2.77. The maximum absolute atomic E-state index is 10.9. The van der Waals surface area contributed by atoms with Gasteiger partial charge in [0.15, 0.2) is 0 Å². The average Bonchev–Trinajstić information content (AvgIpc) is 2.18. The van der Waals surface area contributed by atoms with E-state index in [4.69, 9.17) is 0 Å². The molecule has 0 spiro atoms. The monoisotopic (exact) mass is 200 g/mol. The number of nitrogens with zero attached hydrogens (tertiary/aromatic N) is 1. The molecule has 82 valence electrons. The van der Waals surface area contributed by atoms with Gasteiger partial charge in [0.1, 0.15) is 0 Å². The van der Waals surface area contributed by atoms with Crippen LogP contribution in [0, 0.1) is 0 Å². The van der Waals surface area contributed by atoms with Crippen LogP contribution in [0.5, 0.6) is 0 Å². The van der Waals surface area contributed by atoms with Crippen LogP contribution in [0.3, 0.4) is 0 Å². The quantitative estimate of drug-likeness (QED) is 0.728. The summed E-state index contributed by atoms with van der Waals surface area (Å²) in [5, 5.41) is 2.84. The lowest BCUT2D eigenvalue weighted by Gasteiger charge is -2.34. The number of hydrogen-bond donors (Lipinski definition) is 1. The molecule has 1 aliphatic rings. The van der Waals surface area contributed by atoms with E-state index in [1.165, 1.54) is 7.11 Å². The summed E-state index contributed by atoms with van der Waals surface area (Å²) < 4.78 is 4.56. The maximum atomic E-state index is 10.9. The van der Waals surface area contributed by atoms with E-state index in [-0.39, 0.29) is 12.1 Å². The molecule has 0 atom stereocenters. The number of piperidine rings is 1. The van der Waals surface area contributed by atoms with Crippen LogP contribution >= 0.6 is 0 Å². The molecule has 0 radical (unpaired) electrons.